The van der Waals surface area contributed by atoms with Gasteiger partial charge in [-0.15, -0.1) is 0 Å². The third-order valence-electron chi connectivity index (χ3n) is 13.2. The van der Waals surface area contributed by atoms with Gasteiger partial charge >= 0.3 is 312 Å². The summed E-state index contributed by atoms with van der Waals surface area (Å²) in [7, 11) is 0. The zero-order valence-corrected chi connectivity index (χ0v) is 36.3. The van der Waals surface area contributed by atoms with E-state index in [1.54, 1.807) is 33.4 Å². The first kappa shape index (κ1) is 38.1. The Hall–Kier alpha value is -3.22. The maximum absolute atomic E-state index is 3.02. The number of rotatable bonds is 6. The normalized spacial score (nSPS) is 17.5. The van der Waals surface area contributed by atoms with E-state index in [1.807, 2.05) is 0 Å². The van der Waals surface area contributed by atoms with Gasteiger partial charge in [-0.3, -0.25) is 0 Å². The molecule has 0 radical (unpaired) electrons. The van der Waals surface area contributed by atoms with E-state index in [-0.39, 0.29) is 24.8 Å². The van der Waals surface area contributed by atoms with Crippen LogP contribution in [0.25, 0.3) is 56.0 Å². The first-order chi connectivity index (χ1) is 24.6. The van der Waals surface area contributed by atoms with Crippen LogP contribution in [0.3, 0.4) is 0 Å². The molecule has 1 fully saturated rings. The molecule has 1 saturated heterocycles. The Kier molecular flexibility index (Phi) is 10.2. The number of aryl methyl sites for hydroxylation is 2. The molecule has 0 bridgehead atoms. The smallest absolute Gasteiger partial charge is 1.00 e. The fraction of sp³-hybridized carbons (Fsp3) is 0.280. The minimum Gasteiger partial charge on any atom is -1.00 e. The second-order valence-electron chi connectivity index (χ2n) is 16.6. The molecule has 0 spiro atoms. The molecule has 1 heterocycles. The minimum absolute atomic E-state index is 0. The number of halogens is 2. The first-order valence-electron chi connectivity index (χ1n) is 19.3. The predicted octanol–water partition coefficient (Wildman–Crippen LogP) is 8.46. The van der Waals surface area contributed by atoms with Crippen molar-refractivity contribution in [2.45, 2.75) is 70.9 Å². The average Bonchev–Trinajstić information content (AvgIpc) is 3.63. The molecule has 6 aromatic rings. The van der Waals surface area contributed by atoms with Crippen molar-refractivity contribution in [2.75, 3.05) is 0 Å². The van der Waals surface area contributed by atoms with Crippen molar-refractivity contribution in [3.05, 3.63) is 153 Å². The van der Waals surface area contributed by atoms with Gasteiger partial charge in [0.25, 0.3) is 0 Å². The standard InChI is InChI=1S/2C24H23.C2H4.2ClH.Zr/c2*1-15(2)19-13-22-17(4)16(3)12-23(24(22)14-19)21-11-7-9-18-8-5-6-10-20(18)21;1-2;;;/h2*5-15H,1-4H3;1-2H2;2*1H;/q;;;;;+2/p-2. The molecule has 0 saturated carbocycles. The summed E-state index contributed by atoms with van der Waals surface area (Å²) in [4.78, 5) is 0. The fourth-order valence-electron chi connectivity index (χ4n) is 10.3. The zero-order valence-electron chi connectivity index (χ0n) is 32.4. The molecule has 53 heavy (non-hydrogen) atoms. The average molecular weight is 813 g/mol. The molecule has 9 rings (SSSR count). The topological polar surface area (TPSA) is 0 Å². The molecule has 0 amide bonds. The van der Waals surface area contributed by atoms with Crippen molar-refractivity contribution in [1.29, 1.82) is 0 Å². The van der Waals surface area contributed by atoms with E-state index in [9.17, 15) is 0 Å². The molecule has 0 aromatic heterocycles. The molecule has 2 unspecified atom stereocenters. The minimum atomic E-state index is -3.02. The summed E-state index contributed by atoms with van der Waals surface area (Å²) in [6.07, 6.45) is 5.40. The Morgan fingerprint density at radius 2 is 0.868 bits per heavy atom. The van der Waals surface area contributed by atoms with Crippen molar-refractivity contribution < 1.29 is 45.1 Å². The van der Waals surface area contributed by atoms with Crippen LogP contribution in [0.1, 0.15) is 79.5 Å². The van der Waals surface area contributed by atoms with Gasteiger partial charge in [0.15, 0.2) is 0 Å². The third-order valence-corrected chi connectivity index (χ3v) is 26.0. The molecule has 268 valence electrons. The van der Waals surface area contributed by atoms with Crippen molar-refractivity contribution in [3.63, 3.8) is 0 Å². The summed E-state index contributed by atoms with van der Waals surface area (Å²) in [5, 5.41) is 5.37. The molecule has 2 atom stereocenters. The van der Waals surface area contributed by atoms with E-state index < -0.39 is 20.3 Å². The summed E-state index contributed by atoms with van der Waals surface area (Å²) in [5.41, 5.74) is 21.5. The molecule has 0 N–H and O–H groups in total. The van der Waals surface area contributed by atoms with Crippen LogP contribution >= 0.6 is 0 Å². The van der Waals surface area contributed by atoms with Gasteiger partial charge in [0.2, 0.25) is 0 Å². The molecule has 2 aliphatic carbocycles. The molecular weight excluding hydrogens is 763 g/mol. The van der Waals surface area contributed by atoms with Gasteiger partial charge in [0.05, 0.1) is 0 Å². The fourth-order valence-corrected chi connectivity index (χ4v) is 28.8. The van der Waals surface area contributed by atoms with Gasteiger partial charge in [-0.2, -0.15) is 0 Å². The van der Waals surface area contributed by atoms with Gasteiger partial charge in [-0.1, -0.05) is 0 Å². The molecule has 3 aliphatic rings. The summed E-state index contributed by atoms with van der Waals surface area (Å²) >= 11 is -3.02. The number of benzene rings is 6. The molecular formula is C50H50Cl2Zr. The van der Waals surface area contributed by atoms with Gasteiger partial charge in [-0.25, -0.2) is 0 Å². The van der Waals surface area contributed by atoms with Crippen LogP contribution in [-0.4, -0.2) is 0 Å². The van der Waals surface area contributed by atoms with Crippen molar-refractivity contribution >= 4 is 33.7 Å². The van der Waals surface area contributed by atoms with E-state index in [0.29, 0.717) is 19.1 Å². The molecule has 1 aliphatic heterocycles. The van der Waals surface area contributed by atoms with Gasteiger partial charge < -0.3 is 24.8 Å². The van der Waals surface area contributed by atoms with Gasteiger partial charge in [0.1, 0.15) is 0 Å². The SMILES string of the molecule is Cc1cc(-c2cccc3ccccc23)c2c(c1C)[CH]([Zr+2]1([CH]3C(C(C)C)=Cc4c(-c5cccc6ccccc56)cc(C)c(C)c43)[CH2][CH2]1)C(C(C)C)=C2.[Cl-].[Cl-]. The van der Waals surface area contributed by atoms with Crippen LogP contribution in [0.4, 0.5) is 0 Å². The third kappa shape index (κ3) is 5.79. The maximum Gasteiger partial charge on any atom is -1.00 e. The quantitative estimate of drug-likeness (QED) is 0.159. The second kappa shape index (κ2) is 14.1. The van der Waals surface area contributed by atoms with Crippen molar-refractivity contribution in [2.24, 2.45) is 11.8 Å². The van der Waals surface area contributed by atoms with Crippen LogP contribution in [0.15, 0.2) is 108 Å². The Labute approximate surface area is 334 Å². The van der Waals surface area contributed by atoms with Crippen LogP contribution in [-0.2, 0) is 20.3 Å². The summed E-state index contributed by atoms with van der Waals surface area (Å²) in [6, 6.07) is 36.7. The van der Waals surface area contributed by atoms with Crippen molar-refractivity contribution in [1.82, 2.24) is 0 Å². The van der Waals surface area contributed by atoms with Gasteiger partial charge in [-0.05, 0) is 0 Å². The summed E-state index contributed by atoms with van der Waals surface area (Å²) in [5.74, 6) is 1.04. The number of hydrogen-bond donors (Lipinski definition) is 0. The molecule has 0 nitrogen and oxygen atoms in total. The number of hydrogen-bond acceptors (Lipinski definition) is 0. The molecule has 6 aromatic carbocycles. The van der Waals surface area contributed by atoms with Crippen molar-refractivity contribution in [3.8, 4) is 22.3 Å². The Morgan fingerprint density at radius 1 is 0.491 bits per heavy atom. The van der Waals surface area contributed by atoms with E-state index in [1.165, 1.54) is 74.3 Å². The van der Waals surface area contributed by atoms with Crippen LogP contribution in [0.2, 0.25) is 8.26 Å². The van der Waals surface area contributed by atoms with Crippen LogP contribution in [0, 0.1) is 39.5 Å². The van der Waals surface area contributed by atoms with E-state index >= 15 is 0 Å². The number of fused-ring (bicyclic) bond motifs is 4. The van der Waals surface area contributed by atoms with Gasteiger partial charge in [0, 0.05) is 0 Å². The van der Waals surface area contributed by atoms with E-state index in [4.69, 9.17) is 0 Å². The Balaban J connectivity index is 0.00000218. The second-order valence-corrected chi connectivity index (χ2v) is 28.0. The van der Waals surface area contributed by atoms with E-state index in [0.717, 1.165) is 0 Å². The van der Waals surface area contributed by atoms with Crippen LogP contribution in [0.5, 0.6) is 0 Å². The summed E-state index contributed by atoms with van der Waals surface area (Å²) in [6.45, 7) is 19.5. The Bertz CT molecular complexity index is 2310. The largest absolute Gasteiger partial charge is 1.00 e. The predicted molar refractivity (Wildman–Crippen MR) is 218 cm³/mol. The zero-order chi connectivity index (χ0) is 35.3. The molecule has 3 heteroatoms. The number of allylic oxidation sites excluding steroid dienone is 2. The maximum atomic E-state index is 2.70. The Morgan fingerprint density at radius 3 is 1.25 bits per heavy atom. The summed E-state index contributed by atoms with van der Waals surface area (Å²) < 4.78 is 4.18. The van der Waals surface area contributed by atoms with E-state index in [2.05, 4.69) is 165 Å². The monoisotopic (exact) mass is 810 g/mol. The first-order valence-corrected chi connectivity index (χ1v) is 25.6. The van der Waals surface area contributed by atoms with Crippen LogP contribution < -0.4 is 24.8 Å².